The number of hydrogen-bond acceptors (Lipinski definition) is 5. The number of aromatic hydroxyl groups is 1. The van der Waals surface area contributed by atoms with Crippen molar-refractivity contribution < 1.29 is 24.3 Å². The Morgan fingerprint density at radius 2 is 1.46 bits per heavy atom. The van der Waals surface area contributed by atoms with Crippen LogP contribution in [0.15, 0.2) is 133 Å². The summed E-state index contributed by atoms with van der Waals surface area (Å²) in [5.74, 6) is -4.25. The molecule has 0 bridgehead atoms. The van der Waals surface area contributed by atoms with E-state index >= 15 is 9.59 Å². The Labute approximate surface area is 306 Å². The molecular weight excluding hydrogens is 670 g/mol. The number of amides is 2. The maximum absolute atomic E-state index is 15.3. The molecule has 5 aromatic rings. The van der Waals surface area contributed by atoms with Gasteiger partial charge in [-0.3, -0.25) is 19.2 Å². The van der Waals surface area contributed by atoms with Gasteiger partial charge in [0.25, 0.3) is 0 Å². The van der Waals surface area contributed by atoms with E-state index in [0.717, 1.165) is 27.6 Å². The number of phenols is 1. The van der Waals surface area contributed by atoms with Crippen LogP contribution >= 0.6 is 11.6 Å². The van der Waals surface area contributed by atoms with E-state index in [1.807, 2.05) is 97.9 Å². The summed E-state index contributed by atoms with van der Waals surface area (Å²) in [7, 11) is 0. The highest BCUT2D eigenvalue weighted by Crippen LogP contribution is 2.64. The number of nitrogens with zero attached hydrogens (tertiary/aromatic N) is 1. The molecule has 3 aliphatic carbocycles. The molecule has 1 saturated carbocycles. The summed E-state index contributed by atoms with van der Waals surface area (Å²) in [5.41, 5.74) is 3.29. The maximum Gasteiger partial charge on any atom is 0.238 e. The average molecular weight is 704 g/mol. The molecule has 1 aliphatic heterocycles. The molecule has 6 unspecified atom stereocenters. The number of carbonyl (C=O) groups is 4. The van der Waals surface area contributed by atoms with E-state index in [4.69, 9.17) is 11.6 Å². The van der Waals surface area contributed by atoms with Crippen LogP contribution in [-0.2, 0) is 24.6 Å². The van der Waals surface area contributed by atoms with Crippen molar-refractivity contribution in [3.63, 3.8) is 0 Å². The highest BCUT2D eigenvalue weighted by atomic mass is 35.5. The van der Waals surface area contributed by atoms with Crippen molar-refractivity contribution in [1.82, 2.24) is 0 Å². The predicted octanol–water partition coefficient (Wildman–Crippen LogP) is 8.54. The van der Waals surface area contributed by atoms with Gasteiger partial charge in [0.2, 0.25) is 11.8 Å². The van der Waals surface area contributed by atoms with Crippen LogP contribution in [0.2, 0.25) is 5.02 Å². The van der Waals surface area contributed by atoms with Crippen LogP contribution < -0.4 is 4.90 Å². The SMILES string of the molecule is Cc1ccc(N2C(=O)C3CC=C4C(CC5C(=O)C(c6ccccc6)=CC(=O)C5(c5ccccc5)C4c4ccc(O)c5ccccc45)C3C2=O)cc1Cl. The Kier molecular flexibility index (Phi) is 7.46. The number of ketones is 2. The van der Waals surface area contributed by atoms with Gasteiger partial charge in [0.15, 0.2) is 11.6 Å². The van der Waals surface area contributed by atoms with E-state index in [1.165, 1.54) is 11.0 Å². The third-order valence-corrected chi connectivity index (χ3v) is 12.4. The minimum atomic E-state index is -1.36. The van der Waals surface area contributed by atoms with Gasteiger partial charge in [0.05, 0.1) is 22.9 Å². The first-order valence-corrected chi connectivity index (χ1v) is 18.1. The Bertz CT molecular complexity index is 2420. The third-order valence-electron chi connectivity index (χ3n) is 12.0. The monoisotopic (exact) mass is 703 g/mol. The molecule has 52 heavy (non-hydrogen) atoms. The molecular formula is C45H34ClNO5. The number of imide groups is 1. The van der Waals surface area contributed by atoms with Gasteiger partial charge in [0, 0.05) is 27.8 Å². The molecule has 6 atom stereocenters. The Morgan fingerprint density at radius 3 is 2.19 bits per heavy atom. The molecule has 7 heteroatoms. The molecule has 0 radical (unpaired) electrons. The molecule has 2 fully saturated rings. The Hall–Kier alpha value is -5.59. The minimum absolute atomic E-state index is 0.107. The summed E-state index contributed by atoms with van der Waals surface area (Å²) in [6, 6.07) is 35.0. The van der Waals surface area contributed by atoms with Gasteiger partial charge in [-0.1, -0.05) is 120 Å². The standard InChI is InChI=1S/C45H34ClNO5/c1-25-16-17-28(22-37(25)46)47-43(51)33-19-18-32-35(40(33)44(47)52)23-36-42(50)34(26-10-4-2-5-11-26)24-39(49)45(36,27-12-6-3-7-13-27)41(32)31-20-21-38(48)30-15-9-8-14-29(30)31/h2-18,20-22,24,33,35-36,40-41,48H,19,23H2,1H3. The summed E-state index contributed by atoms with van der Waals surface area (Å²) < 4.78 is 0. The number of rotatable bonds is 4. The second-order valence-electron chi connectivity index (χ2n) is 14.5. The first-order chi connectivity index (χ1) is 25.2. The van der Waals surface area contributed by atoms with Gasteiger partial charge >= 0.3 is 0 Å². The first kappa shape index (κ1) is 32.3. The summed E-state index contributed by atoms with van der Waals surface area (Å²) in [6.45, 7) is 1.87. The molecule has 1 heterocycles. The smallest absolute Gasteiger partial charge is 0.238 e. The van der Waals surface area contributed by atoms with Crippen LogP contribution in [-0.4, -0.2) is 28.5 Å². The van der Waals surface area contributed by atoms with Gasteiger partial charge in [0.1, 0.15) is 5.75 Å². The largest absolute Gasteiger partial charge is 0.507 e. The topological polar surface area (TPSA) is 91.8 Å². The lowest BCUT2D eigenvalue weighted by Gasteiger charge is -2.55. The van der Waals surface area contributed by atoms with Crippen LogP contribution in [0.5, 0.6) is 5.75 Å². The molecule has 0 aromatic heterocycles. The van der Waals surface area contributed by atoms with E-state index in [1.54, 1.807) is 24.3 Å². The number of benzene rings is 5. The average Bonchev–Trinajstić information content (AvgIpc) is 3.43. The molecule has 9 rings (SSSR count). The molecule has 0 spiro atoms. The second-order valence-corrected chi connectivity index (χ2v) is 14.9. The van der Waals surface area contributed by atoms with E-state index in [-0.39, 0.29) is 35.6 Å². The number of hydrogen-bond donors (Lipinski definition) is 1. The van der Waals surface area contributed by atoms with Crippen molar-refractivity contribution in [3.05, 3.63) is 160 Å². The number of aryl methyl sites for hydroxylation is 1. The lowest BCUT2D eigenvalue weighted by Crippen LogP contribution is -2.58. The van der Waals surface area contributed by atoms with E-state index in [2.05, 4.69) is 6.08 Å². The molecule has 1 N–H and O–H groups in total. The lowest BCUT2D eigenvalue weighted by molar-refractivity contribution is -0.134. The van der Waals surface area contributed by atoms with Crippen molar-refractivity contribution in [2.24, 2.45) is 23.7 Å². The van der Waals surface area contributed by atoms with Gasteiger partial charge in [-0.15, -0.1) is 0 Å². The lowest BCUT2D eigenvalue weighted by atomic mass is 9.44. The fourth-order valence-corrected chi connectivity index (χ4v) is 9.93. The number of allylic oxidation sites excluding steroid dienone is 4. The summed E-state index contributed by atoms with van der Waals surface area (Å²) in [4.78, 5) is 60.7. The summed E-state index contributed by atoms with van der Waals surface area (Å²) in [6.07, 6.45) is 4.11. The zero-order valence-electron chi connectivity index (χ0n) is 28.3. The third kappa shape index (κ3) is 4.50. The van der Waals surface area contributed by atoms with Crippen LogP contribution in [0, 0.1) is 30.6 Å². The fraction of sp³-hybridized carbons (Fsp3) is 0.200. The zero-order valence-corrected chi connectivity index (χ0v) is 29.1. The number of halogens is 1. The molecule has 2 amide bonds. The molecule has 1 saturated heterocycles. The van der Waals surface area contributed by atoms with Crippen molar-refractivity contribution in [1.29, 1.82) is 0 Å². The van der Waals surface area contributed by atoms with Crippen LogP contribution in [0.25, 0.3) is 16.3 Å². The van der Waals surface area contributed by atoms with Crippen molar-refractivity contribution in [3.8, 4) is 5.75 Å². The fourth-order valence-electron chi connectivity index (χ4n) is 9.75. The Morgan fingerprint density at radius 1 is 0.769 bits per heavy atom. The van der Waals surface area contributed by atoms with Crippen LogP contribution in [0.1, 0.15) is 41.0 Å². The number of Topliss-reactive ketones (excluding diaryl/α,β-unsaturated/α-hetero) is 1. The minimum Gasteiger partial charge on any atom is -0.507 e. The summed E-state index contributed by atoms with van der Waals surface area (Å²) in [5, 5.41) is 12.9. The maximum atomic E-state index is 15.3. The summed E-state index contributed by atoms with van der Waals surface area (Å²) >= 11 is 6.49. The van der Waals surface area contributed by atoms with Crippen molar-refractivity contribution in [2.75, 3.05) is 4.90 Å². The molecule has 5 aromatic carbocycles. The Balaban J connectivity index is 1.30. The second kappa shape index (κ2) is 12.0. The van der Waals surface area contributed by atoms with Gasteiger partial charge in [-0.25, -0.2) is 4.90 Å². The molecule has 256 valence electrons. The quantitative estimate of drug-likeness (QED) is 0.150. The zero-order chi connectivity index (χ0) is 35.9. The van der Waals surface area contributed by atoms with Gasteiger partial charge in [-0.2, -0.15) is 0 Å². The van der Waals surface area contributed by atoms with E-state index in [9.17, 15) is 14.7 Å². The predicted molar refractivity (Wildman–Crippen MR) is 201 cm³/mol. The van der Waals surface area contributed by atoms with Crippen molar-refractivity contribution in [2.45, 2.75) is 31.1 Å². The highest BCUT2D eigenvalue weighted by Gasteiger charge is 2.66. The number of anilines is 1. The highest BCUT2D eigenvalue weighted by molar-refractivity contribution is 6.33. The van der Waals surface area contributed by atoms with Gasteiger partial charge in [-0.05, 0) is 77.6 Å². The van der Waals surface area contributed by atoms with Crippen molar-refractivity contribution >= 4 is 57.0 Å². The normalized spacial score (nSPS) is 26.8. The van der Waals surface area contributed by atoms with E-state index < -0.39 is 35.0 Å². The number of phenolic OH excluding ortho intramolecular Hbond substituents is 1. The van der Waals surface area contributed by atoms with Crippen LogP contribution in [0.3, 0.4) is 0 Å². The molecule has 4 aliphatic rings. The molecule has 6 nitrogen and oxygen atoms in total. The van der Waals surface area contributed by atoms with Crippen LogP contribution in [0.4, 0.5) is 5.69 Å². The number of fused-ring (bicyclic) bond motifs is 5. The van der Waals surface area contributed by atoms with E-state index in [0.29, 0.717) is 33.7 Å². The first-order valence-electron chi connectivity index (χ1n) is 17.7. The number of carbonyl (C=O) groups excluding carboxylic acids is 4. The van der Waals surface area contributed by atoms with Gasteiger partial charge < -0.3 is 5.11 Å².